The van der Waals surface area contributed by atoms with E-state index in [0.29, 0.717) is 11.8 Å². The normalized spacial score (nSPS) is 13.5. The van der Waals surface area contributed by atoms with E-state index in [1.54, 1.807) is 0 Å². The zero-order valence-corrected chi connectivity index (χ0v) is 12.0. The van der Waals surface area contributed by atoms with Gasteiger partial charge in [-0.3, -0.25) is 0 Å². The van der Waals surface area contributed by atoms with E-state index in [9.17, 15) is 0 Å². The highest BCUT2D eigenvalue weighted by molar-refractivity contribution is 5.23. The third kappa shape index (κ3) is 2.84. The lowest BCUT2D eigenvalue weighted by Crippen LogP contribution is -2.18. The molecule has 0 fully saturated rings. The molecule has 1 heterocycles. The molecule has 0 aliphatic rings. The zero-order chi connectivity index (χ0) is 13.9. The van der Waals surface area contributed by atoms with Crippen molar-refractivity contribution in [1.82, 2.24) is 15.5 Å². The number of nitrogens with one attached hydrogen (secondary N) is 1. The third-order valence-electron chi connectivity index (χ3n) is 3.57. The fraction of sp³-hybridized carbons (Fsp3) is 0.467. The van der Waals surface area contributed by atoms with Crippen LogP contribution >= 0.6 is 0 Å². The van der Waals surface area contributed by atoms with Gasteiger partial charge < -0.3 is 9.73 Å². The quantitative estimate of drug-likeness (QED) is 0.896. The minimum absolute atomic E-state index is 0.0601. The number of benzene rings is 1. The van der Waals surface area contributed by atoms with Gasteiger partial charge in [-0.2, -0.15) is 0 Å². The van der Waals surface area contributed by atoms with Crippen molar-refractivity contribution in [2.75, 3.05) is 7.05 Å². The third-order valence-corrected chi connectivity index (χ3v) is 3.57. The van der Waals surface area contributed by atoms with Gasteiger partial charge in [0.25, 0.3) is 0 Å². The van der Waals surface area contributed by atoms with E-state index in [-0.39, 0.29) is 11.5 Å². The smallest absolute Gasteiger partial charge is 0.237 e. The van der Waals surface area contributed by atoms with Gasteiger partial charge in [0.1, 0.15) is 6.04 Å². The molecule has 0 radical (unpaired) electrons. The second-order valence-corrected chi connectivity index (χ2v) is 5.32. The summed E-state index contributed by atoms with van der Waals surface area (Å²) in [5, 5.41) is 11.6. The van der Waals surface area contributed by atoms with E-state index in [1.807, 2.05) is 25.2 Å². The maximum atomic E-state index is 5.86. The van der Waals surface area contributed by atoms with Gasteiger partial charge in [0.05, 0.1) is 0 Å². The standard InChI is InChI=1S/C15H21N3O/c1-5-15(2,3)14-18-17-13(19-14)12(16-4)11-9-7-6-8-10-11/h6-10,12,16H,5H2,1-4H3. The molecule has 1 aromatic carbocycles. The molecule has 1 aromatic heterocycles. The maximum absolute atomic E-state index is 5.86. The first-order valence-electron chi connectivity index (χ1n) is 6.64. The molecular formula is C15H21N3O. The molecule has 2 rings (SSSR count). The summed E-state index contributed by atoms with van der Waals surface area (Å²) in [6.45, 7) is 6.35. The molecule has 4 heteroatoms. The van der Waals surface area contributed by atoms with Gasteiger partial charge in [-0.1, -0.05) is 51.1 Å². The second-order valence-electron chi connectivity index (χ2n) is 5.32. The van der Waals surface area contributed by atoms with Crippen LogP contribution in [0.15, 0.2) is 34.7 Å². The molecule has 4 nitrogen and oxygen atoms in total. The number of rotatable bonds is 5. The van der Waals surface area contributed by atoms with Crippen LogP contribution in [0.5, 0.6) is 0 Å². The summed E-state index contributed by atoms with van der Waals surface area (Å²) in [6.07, 6.45) is 0.962. The summed E-state index contributed by atoms with van der Waals surface area (Å²) in [6, 6.07) is 10.1. The van der Waals surface area contributed by atoms with Crippen molar-refractivity contribution in [3.05, 3.63) is 47.7 Å². The Hall–Kier alpha value is -1.68. The van der Waals surface area contributed by atoms with Crippen LogP contribution in [0.25, 0.3) is 0 Å². The van der Waals surface area contributed by atoms with Gasteiger partial charge >= 0.3 is 0 Å². The summed E-state index contributed by atoms with van der Waals surface area (Å²) in [4.78, 5) is 0. The van der Waals surface area contributed by atoms with E-state index < -0.39 is 0 Å². The van der Waals surface area contributed by atoms with Crippen LogP contribution in [0.4, 0.5) is 0 Å². The fourth-order valence-corrected chi connectivity index (χ4v) is 1.85. The SMILES string of the molecule is CCC(C)(C)c1nnc(C(NC)c2ccccc2)o1. The van der Waals surface area contributed by atoms with Crippen LogP contribution in [-0.4, -0.2) is 17.2 Å². The molecule has 0 aliphatic carbocycles. The van der Waals surface area contributed by atoms with Crippen LogP contribution in [0, 0.1) is 0 Å². The summed E-state index contributed by atoms with van der Waals surface area (Å²) >= 11 is 0. The minimum Gasteiger partial charge on any atom is -0.423 e. The molecule has 1 N–H and O–H groups in total. The van der Waals surface area contributed by atoms with E-state index in [0.717, 1.165) is 12.0 Å². The van der Waals surface area contributed by atoms with Gasteiger partial charge in [0.2, 0.25) is 11.8 Å². The molecule has 1 unspecified atom stereocenters. The lowest BCUT2D eigenvalue weighted by atomic mass is 9.90. The Bertz CT molecular complexity index is 519. The minimum atomic E-state index is -0.0831. The number of hydrogen-bond donors (Lipinski definition) is 1. The van der Waals surface area contributed by atoms with Crippen LogP contribution < -0.4 is 5.32 Å². The van der Waals surface area contributed by atoms with E-state index >= 15 is 0 Å². The predicted molar refractivity (Wildman–Crippen MR) is 75.0 cm³/mol. The summed E-state index contributed by atoms with van der Waals surface area (Å²) < 4.78 is 5.86. The number of aromatic nitrogens is 2. The Kier molecular flexibility index (Phi) is 4.00. The Balaban J connectivity index is 2.31. The zero-order valence-electron chi connectivity index (χ0n) is 12.0. The fourth-order valence-electron chi connectivity index (χ4n) is 1.85. The average Bonchev–Trinajstić information content (AvgIpc) is 2.91. The van der Waals surface area contributed by atoms with Crippen LogP contribution in [0.3, 0.4) is 0 Å². The first kappa shape index (κ1) is 13.7. The van der Waals surface area contributed by atoms with Gasteiger partial charge in [-0.15, -0.1) is 10.2 Å². The second kappa shape index (κ2) is 5.53. The van der Waals surface area contributed by atoms with Gasteiger partial charge in [-0.25, -0.2) is 0 Å². The van der Waals surface area contributed by atoms with Crippen molar-refractivity contribution in [3.63, 3.8) is 0 Å². The Morgan fingerprint density at radius 1 is 1.21 bits per heavy atom. The van der Waals surface area contributed by atoms with Crippen molar-refractivity contribution in [2.24, 2.45) is 0 Å². The molecule has 0 amide bonds. The maximum Gasteiger partial charge on any atom is 0.237 e. The number of nitrogens with zero attached hydrogens (tertiary/aromatic N) is 2. The number of hydrogen-bond acceptors (Lipinski definition) is 4. The summed E-state index contributed by atoms with van der Waals surface area (Å²) in [5.74, 6) is 1.31. The summed E-state index contributed by atoms with van der Waals surface area (Å²) in [7, 11) is 1.90. The first-order chi connectivity index (χ1) is 9.08. The lowest BCUT2D eigenvalue weighted by molar-refractivity contribution is 0.333. The predicted octanol–water partition coefficient (Wildman–Crippen LogP) is 3.07. The average molecular weight is 259 g/mol. The van der Waals surface area contributed by atoms with E-state index in [4.69, 9.17) is 4.42 Å². The molecule has 0 spiro atoms. The topological polar surface area (TPSA) is 51.0 Å². The van der Waals surface area contributed by atoms with Crippen LogP contribution in [0.1, 0.15) is 50.6 Å². The van der Waals surface area contributed by atoms with E-state index in [1.165, 1.54) is 0 Å². The molecular weight excluding hydrogens is 238 g/mol. The van der Waals surface area contributed by atoms with Crippen molar-refractivity contribution in [3.8, 4) is 0 Å². The lowest BCUT2D eigenvalue weighted by Gasteiger charge is -2.17. The van der Waals surface area contributed by atoms with Crippen molar-refractivity contribution in [1.29, 1.82) is 0 Å². The molecule has 0 aliphatic heterocycles. The Labute approximate surface area is 114 Å². The van der Waals surface area contributed by atoms with Crippen LogP contribution in [-0.2, 0) is 5.41 Å². The van der Waals surface area contributed by atoms with Gasteiger partial charge in [-0.05, 0) is 19.0 Å². The van der Waals surface area contributed by atoms with Crippen LogP contribution in [0.2, 0.25) is 0 Å². The molecule has 19 heavy (non-hydrogen) atoms. The van der Waals surface area contributed by atoms with E-state index in [2.05, 4.69) is 48.4 Å². The van der Waals surface area contributed by atoms with Crippen molar-refractivity contribution in [2.45, 2.75) is 38.6 Å². The highest BCUT2D eigenvalue weighted by atomic mass is 16.4. The first-order valence-corrected chi connectivity index (χ1v) is 6.64. The van der Waals surface area contributed by atoms with Gasteiger partial charge in [0.15, 0.2) is 0 Å². The highest BCUT2D eigenvalue weighted by Crippen LogP contribution is 2.28. The molecule has 0 saturated heterocycles. The van der Waals surface area contributed by atoms with Gasteiger partial charge in [0, 0.05) is 5.41 Å². The van der Waals surface area contributed by atoms with Crippen molar-refractivity contribution >= 4 is 0 Å². The summed E-state index contributed by atoms with van der Waals surface area (Å²) in [5.41, 5.74) is 1.04. The Morgan fingerprint density at radius 2 is 1.89 bits per heavy atom. The highest BCUT2D eigenvalue weighted by Gasteiger charge is 2.27. The molecule has 0 bridgehead atoms. The molecule has 2 aromatic rings. The molecule has 102 valence electrons. The largest absolute Gasteiger partial charge is 0.423 e. The van der Waals surface area contributed by atoms with Crippen molar-refractivity contribution < 1.29 is 4.42 Å². The molecule has 1 atom stereocenters. The monoisotopic (exact) mass is 259 g/mol. The molecule has 0 saturated carbocycles. The Morgan fingerprint density at radius 3 is 2.47 bits per heavy atom.